The number of carbonyl (C=O) groups is 1. The molecule has 140 valence electrons. The van der Waals surface area contributed by atoms with E-state index in [1.165, 1.54) is 6.20 Å². The molecule has 2 N–H and O–H groups in total. The Kier molecular flexibility index (Phi) is 5.51. The van der Waals surface area contributed by atoms with Gasteiger partial charge in [-0.1, -0.05) is 19.0 Å². The molecular weight excluding hydrogens is 336 g/mol. The number of aromatic nitrogens is 3. The van der Waals surface area contributed by atoms with Crippen LogP contribution in [-0.4, -0.2) is 34.2 Å². The first-order valence-electron chi connectivity index (χ1n) is 8.87. The molecule has 1 amide bonds. The maximum atomic E-state index is 12.8. The van der Waals surface area contributed by atoms with Gasteiger partial charge in [0.25, 0.3) is 11.5 Å². The van der Waals surface area contributed by atoms with Gasteiger partial charge in [0.15, 0.2) is 5.82 Å². The summed E-state index contributed by atoms with van der Waals surface area (Å²) in [7, 11) is 0. The van der Waals surface area contributed by atoms with Crippen LogP contribution in [0, 0.1) is 12.8 Å². The number of nitrogens with zero attached hydrogens (tertiary/aromatic N) is 2. The van der Waals surface area contributed by atoms with E-state index in [1.807, 2.05) is 13.8 Å². The smallest absolute Gasteiger partial charge is 0.261 e. The van der Waals surface area contributed by atoms with Gasteiger partial charge < -0.3 is 19.6 Å². The number of aromatic amines is 1. The van der Waals surface area contributed by atoms with E-state index in [1.54, 1.807) is 13.0 Å². The number of H-pyrrole nitrogens is 1. The van der Waals surface area contributed by atoms with Crippen LogP contribution in [-0.2, 0) is 4.74 Å². The summed E-state index contributed by atoms with van der Waals surface area (Å²) in [6, 6.07) is 1.24. The molecule has 8 nitrogen and oxygen atoms in total. The second-order valence-corrected chi connectivity index (χ2v) is 6.91. The molecule has 1 atom stereocenters. The lowest BCUT2D eigenvalue weighted by Crippen LogP contribution is -2.38. The van der Waals surface area contributed by atoms with Gasteiger partial charge in [0, 0.05) is 25.3 Å². The molecule has 3 heterocycles. The van der Waals surface area contributed by atoms with Crippen molar-refractivity contribution in [3.05, 3.63) is 45.5 Å². The van der Waals surface area contributed by atoms with Gasteiger partial charge in [-0.3, -0.25) is 9.59 Å². The van der Waals surface area contributed by atoms with Crippen molar-refractivity contribution in [2.75, 3.05) is 13.2 Å². The van der Waals surface area contributed by atoms with Gasteiger partial charge in [-0.15, -0.1) is 0 Å². The van der Waals surface area contributed by atoms with Crippen molar-refractivity contribution in [1.29, 1.82) is 0 Å². The van der Waals surface area contributed by atoms with Crippen molar-refractivity contribution in [1.82, 2.24) is 20.4 Å². The SMILES string of the molecule is Cc1cc[nH]c(=O)c1C(=O)N[C@@H](c1nc(C(C)C)no1)C1CCOCC1. The highest BCUT2D eigenvalue weighted by atomic mass is 16.5. The molecule has 1 aliphatic heterocycles. The van der Waals surface area contributed by atoms with Crippen LogP contribution < -0.4 is 10.9 Å². The average molecular weight is 360 g/mol. The molecule has 8 heteroatoms. The Morgan fingerprint density at radius 1 is 1.35 bits per heavy atom. The molecule has 1 aliphatic rings. The van der Waals surface area contributed by atoms with Crippen molar-refractivity contribution in [2.24, 2.45) is 5.92 Å². The Morgan fingerprint density at radius 2 is 2.08 bits per heavy atom. The van der Waals surface area contributed by atoms with Gasteiger partial charge >= 0.3 is 0 Å². The number of pyridine rings is 1. The van der Waals surface area contributed by atoms with E-state index in [-0.39, 0.29) is 17.4 Å². The summed E-state index contributed by atoms with van der Waals surface area (Å²) < 4.78 is 10.9. The van der Waals surface area contributed by atoms with Crippen molar-refractivity contribution >= 4 is 5.91 Å². The zero-order chi connectivity index (χ0) is 18.7. The Morgan fingerprint density at radius 3 is 2.69 bits per heavy atom. The summed E-state index contributed by atoms with van der Waals surface area (Å²) in [5.41, 5.74) is 0.306. The molecule has 0 saturated carbocycles. The second-order valence-electron chi connectivity index (χ2n) is 6.91. The van der Waals surface area contributed by atoms with E-state index in [0.29, 0.717) is 30.5 Å². The predicted molar refractivity (Wildman–Crippen MR) is 93.9 cm³/mol. The van der Waals surface area contributed by atoms with E-state index in [0.717, 1.165) is 12.8 Å². The molecule has 2 aromatic heterocycles. The summed E-state index contributed by atoms with van der Waals surface area (Å²) in [6.45, 7) is 6.92. The molecule has 2 aromatic rings. The molecule has 0 spiro atoms. The van der Waals surface area contributed by atoms with Gasteiger partial charge in [-0.2, -0.15) is 4.98 Å². The minimum Gasteiger partial charge on any atom is -0.381 e. The van der Waals surface area contributed by atoms with E-state index in [4.69, 9.17) is 9.26 Å². The van der Waals surface area contributed by atoms with Gasteiger partial charge in [0.05, 0.1) is 0 Å². The zero-order valence-corrected chi connectivity index (χ0v) is 15.2. The first-order chi connectivity index (χ1) is 12.5. The normalized spacial score (nSPS) is 16.6. The number of hydrogen-bond donors (Lipinski definition) is 2. The maximum absolute atomic E-state index is 12.8. The summed E-state index contributed by atoms with van der Waals surface area (Å²) in [4.78, 5) is 31.9. The predicted octanol–water partition coefficient (Wildman–Crippen LogP) is 2.09. The van der Waals surface area contributed by atoms with E-state index >= 15 is 0 Å². The van der Waals surface area contributed by atoms with Gasteiger partial charge in [-0.05, 0) is 37.3 Å². The van der Waals surface area contributed by atoms with Crippen LogP contribution in [0.5, 0.6) is 0 Å². The molecule has 1 saturated heterocycles. The van der Waals surface area contributed by atoms with E-state index < -0.39 is 17.5 Å². The molecule has 1 fully saturated rings. The van der Waals surface area contributed by atoms with E-state index in [9.17, 15) is 9.59 Å². The second kappa shape index (κ2) is 7.82. The highest BCUT2D eigenvalue weighted by Gasteiger charge is 2.32. The fourth-order valence-electron chi connectivity index (χ4n) is 3.11. The van der Waals surface area contributed by atoms with Crippen LogP contribution >= 0.6 is 0 Å². The lowest BCUT2D eigenvalue weighted by molar-refractivity contribution is 0.0467. The highest BCUT2D eigenvalue weighted by Crippen LogP contribution is 2.30. The summed E-state index contributed by atoms with van der Waals surface area (Å²) in [6.07, 6.45) is 3.07. The number of carbonyl (C=O) groups excluding carboxylic acids is 1. The number of ether oxygens (including phenoxy) is 1. The van der Waals surface area contributed by atoms with Crippen LogP contribution in [0.3, 0.4) is 0 Å². The number of rotatable bonds is 5. The number of hydrogen-bond acceptors (Lipinski definition) is 6. The summed E-state index contributed by atoms with van der Waals surface area (Å²) >= 11 is 0. The number of nitrogens with one attached hydrogen (secondary N) is 2. The molecule has 0 unspecified atom stereocenters. The molecule has 0 aliphatic carbocycles. The third kappa shape index (κ3) is 3.85. The molecular formula is C18H24N4O4. The average Bonchev–Trinajstić information content (AvgIpc) is 3.10. The summed E-state index contributed by atoms with van der Waals surface area (Å²) in [5, 5.41) is 6.95. The monoisotopic (exact) mass is 360 g/mol. The zero-order valence-electron chi connectivity index (χ0n) is 15.2. The van der Waals surface area contributed by atoms with Crippen LogP contribution in [0.25, 0.3) is 0 Å². The number of aryl methyl sites for hydroxylation is 1. The van der Waals surface area contributed by atoms with Crippen LogP contribution in [0.2, 0.25) is 0 Å². The first-order valence-corrected chi connectivity index (χ1v) is 8.87. The molecule has 26 heavy (non-hydrogen) atoms. The lowest BCUT2D eigenvalue weighted by atomic mass is 9.91. The third-order valence-electron chi connectivity index (χ3n) is 4.66. The van der Waals surface area contributed by atoms with Crippen LogP contribution in [0.15, 0.2) is 21.6 Å². The van der Waals surface area contributed by atoms with Crippen molar-refractivity contribution in [3.8, 4) is 0 Å². The fourth-order valence-corrected chi connectivity index (χ4v) is 3.11. The summed E-state index contributed by atoms with van der Waals surface area (Å²) in [5.74, 6) is 0.762. The van der Waals surface area contributed by atoms with Gasteiger partial charge in [0.2, 0.25) is 5.89 Å². The Labute approximate surface area is 151 Å². The Balaban J connectivity index is 1.90. The molecule has 0 radical (unpaired) electrons. The minimum atomic E-state index is -0.453. The largest absolute Gasteiger partial charge is 0.381 e. The van der Waals surface area contributed by atoms with Crippen LogP contribution in [0.1, 0.15) is 66.3 Å². The Hall–Kier alpha value is -2.48. The van der Waals surface area contributed by atoms with Gasteiger partial charge in [-0.25, -0.2) is 0 Å². The topological polar surface area (TPSA) is 110 Å². The Bertz CT molecular complexity index is 821. The van der Waals surface area contributed by atoms with Crippen molar-refractivity contribution in [3.63, 3.8) is 0 Å². The molecule has 0 aromatic carbocycles. The van der Waals surface area contributed by atoms with Crippen molar-refractivity contribution < 1.29 is 14.1 Å². The molecule has 0 bridgehead atoms. The number of amides is 1. The third-order valence-corrected chi connectivity index (χ3v) is 4.66. The van der Waals surface area contributed by atoms with E-state index in [2.05, 4.69) is 20.4 Å². The lowest BCUT2D eigenvalue weighted by Gasteiger charge is -2.28. The van der Waals surface area contributed by atoms with Crippen molar-refractivity contribution in [2.45, 2.75) is 45.6 Å². The maximum Gasteiger partial charge on any atom is 0.261 e. The standard InChI is InChI=1S/C18H24N4O4/c1-10(2)15-21-18(26-22-15)14(12-5-8-25-9-6-12)20-17(24)13-11(3)4-7-19-16(13)23/h4,7,10,12,14H,5-6,8-9H2,1-3H3,(H,19,23)(H,20,24)/t14-/m1/s1. The fraction of sp³-hybridized carbons (Fsp3) is 0.556. The highest BCUT2D eigenvalue weighted by molar-refractivity contribution is 5.95. The van der Waals surface area contributed by atoms with Gasteiger partial charge in [0.1, 0.15) is 11.6 Å². The van der Waals surface area contributed by atoms with Crippen LogP contribution in [0.4, 0.5) is 0 Å². The minimum absolute atomic E-state index is 0.105. The molecule has 3 rings (SSSR count). The first kappa shape index (κ1) is 18.3. The quantitative estimate of drug-likeness (QED) is 0.845.